The van der Waals surface area contributed by atoms with E-state index in [0.717, 1.165) is 5.71 Å². The number of rotatable bonds is 7. The molecule has 176 valence electrons. The van der Waals surface area contributed by atoms with Crippen LogP contribution in [0.2, 0.25) is 5.02 Å². The fraction of sp³-hybridized carbons (Fsp3) is 0.522. The lowest BCUT2D eigenvalue weighted by Crippen LogP contribution is -2.44. The lowest BCUT2D eigenvalue weighted by molar-refractivity contribution is -0.123. The number of amides is 2. The number of likely N-dealkylation sites (tertiary alicyclic amines) is 1. The Labute approximate surface area is 197 Å². The lowest BCUT2D eigenvalue weighted by Gasteiger charge is -2.30. The summed E-state index contributed by atoms with van der Waals surface area (Å²) in [5.41, 5.74) is 1.36. The van der Waals surface area contributed by atoms with Crippen LogP contribution in [0, 0.1) is 11.8 Å². The van der Waals surface area contributed by atoms with Crippen molar-refractivity contribution >= 4 is 40.7 Å². The molecule has 9 nitrogen and oxygen atoms in total. The average molecular weight is 475 g/mol. The van der Waals surface area contributed by atoms with Crippen LogP contribution in [0.25, 0.3) is 0 Å². The van der Waals surface area contributed by atoms with Crippen LogP contribution in [0.1, 0.15) is 29.6 Å². The van der Waals surface area contributed by atoms with E-state index in [2.05, 4.69) is 15.3 Å². The predicted molar refractivity (Wildman–Crippen MR) is 123 cm³/mol. The molecular formula is C23H27ClN4O5. The lowest BCUT2D eigenvalue weighted by atomic mass is 9.89. The van der Waals surface area contributed by atoms with Crippen LogP contribution in [0.4, 0.5) is 0 Å². The first-order valence-electron chi connectivity index (χ1n) is 11.1. The van der Waals surface area contributed by atoms with Gasteiger partial charge in [-0.05, 0) is 44.1 Å². The molecule has 1 N–H and O–H groups in total. The maximum Gasteiger partial charge on any atom is 0.258 e. The maximum atomic E-state index is 12.8. The molecule has 0 spiro atoms. The normalized spacial score (nSPS) is 21.6. The van der Waals surface area contributed by atoms with Crippen LogP contribution in [-0.4, -0.2) is 80.5 Å². The SMILES string of the molecule is COc1ccc(C(=O)C2CCN(CC(=O)NCC3=NC(=O)C4COCCC4=N3)CC2)cc1Cl. The zero-order chi connectivity index (χ0) is 23.4. The van der Waals surface area contributed by atoms with Gasteiger partial charge in [0.05, 0.1) is 38.4 Å². The van der Waals surface area contributed by atoms with Gasteiger partial charge in [0.25, 0.3) is 5.91 Å². The summed E-state index contributed by atoms with van der Waals surface area (Å²) >= 11 is 6.15. The Hall–Kier alpha value is -2.62. The molecule has 1 atom stereocenters. The van der Waals surface area contributed by atoms with Gasteiger partial charge in [-0.15, -0.1) is 0 Å². The molecule has 2 saturated heterocycles. The van der Waals surface area contributed by atoms with E-state index >= 15 is 0 Å². The van der Waals surface area contributed by atoms with E-state index in [1.807, 2.05) is 4.90 Å². The van der Waals surface area contributed by atoms with Gasteiger partial charge >= 0.3 is 0 Å². The maximum absolute atomic E-state index is 12.8. The number of nitrogens with zero attached hydrogens (tertiary/aromatic N) is 3. The molecule has 0 bridgehead atoms. The second-order valence-corrected chi connectivity index (χ2v) is 8.79. The number of methoxy groups -OCH3 is 1. The molecule has 0 saturated carbocycles. The van der Waals surface area contributed by atoms with Crippen LogP contribution in [0.3, 0.4) is 0 Å². The van der Waals surface area contributed by atoms with Crippen molar-refractivity contribution in [3.8, 4) is 5.75 Å². The largest absolute Gasteiger partial charge is 0.495 e. The van der Waals surface area contributed by atoms with E-state index in [1.54, 1.807) is 18.2 Å². The van der Waals surface area contributed by atoms with E-state index in [-0.39, 0.29) is 42.5 Å². The number of piperidine rings is 1. The molecule has 0 aromatic heterocycles. The number of carbonyl (C=O) groups excluding carboxylic acids is 3. The molecule has 0 radical (unpaired) electrons. The molecule has 1 aromatic rings. The monoisotopic (exact) mass is 474 g/mol. The van der Waals surface area contributed by atoms with Gasteiger partial charge in [0.15, 0.2) is 11.6 Å². The van der Waals surface area contributed by atoms with Gasteiger partial charge in [-0.1, -0.05) is 11.6 Å². The van der Waals surface area contributed by atoms with E-state index in [0.29, 0.717) is 67.7 Å². The zero-order valence-electron chi connectivity index (χ0n) is 18.5. The number of carbonyl (C=O) groups is 3. The van der Waals surface area contributed by atoms with Crippen LogP contribution < -0.4 is 10.1 Å². The Morgan fingerprint density at radius 2 is 2.06 bits per heavy atom. The third-order valence-electron chi connectivity index (χ3n) is 6.20. The smallest absolute Gasteiger partial charge is 0.258 e. The Bertz CT molecular complexity index is 1000. The van der Waals surface area contributed by atoms with Crippen LogP contribution in [-0.2, 0) is 14.3 Å². The molecule has 2 fully saturated rings. The molecule has 10 heteroatoms. The first-order chi connectivity index (χ1) is 15.9. The van der Waals surface area contributed by atoms with Crippen molar-refractivity contribution in [3.63, 3.8) is 0 Å². The van der Waals surface area contributed by atoms with Crippen molar-refractivity contribution in [2.45, 2.75) is 19.3 Å². The Kier molecular flexibility index (Phi) is 7.52. The fourth-order valence-electron chi connectivity index (χ4n) is 4.32. The molecule has 3 aliphatic heterocycles. The number of halogens is 1. The first kappa shape index (κ1) is 23.5. The molecule has 0 aliphatic carbocycles. The Morgan fingerprint density at radius 3 is 2.79 bits per heavy atom. The summed E-state index contributed by atoms with van der Waals surface area (Å²) in [7, 11) is 1.53. The summed E-state index contributed by atoms with van der Waals surface area (Å²) in [4.78, 5) is 47.8. The number of ketones is 1. The van der Waals surface area contributed by atoms with Crippen molar-refractivity contribution in [3.05, 3.63) is 28.8 Å². The van der Waals surface area contributed by atoms with Gasteiger partial charge in [-0.25, -0.2) is 4.99 Å². The summed E-state index contributed by atoms with van der Waals surface area (Å²) in [6, 6.07) is 5.08. The van der Waals surface area contributed by atoms with Crippen molar-refractivity contribution < 1.29 is 23.9 Å². The highest BCUT2D eigenvalue weighted by Gasteiger charge is 2.32. The van der Waals surface area contributed by atoms with Crippen molar-refractivity contribution in [1.82, 2.24) is 10.2 Å². The summed E-state index contributed by atoms with van der Waals surface area (Å²) in [6.07, 6.45) is 1.96. The van der Waals surface area contributed by atoms with Crippen LogP contribution in [0.5, 0.6) is 5.75 Å². The highest BCUT2D eigenvalue weighted by molar-refractivity contribution is 6.32. The minimum Gasteiger partial charge on any atom is -0.495 e. The van der Waals surface area contributed by atoms with Gasteiger partial charge in [-0.2, -0.15) is 4.99 Å². The van der Waals surface area contributed by atoms with Gasteiger partial charge in [0.2, 0.25) is 5.91 Å². The quantitative estimate of drug-likeness (QED) is 0.603. The van der Waals surface area contributed by atoms with Crippen LogP contribution in [0.15, 0.2) is 28.2 Å². The van der Waals surface area contributed by atoms with Gasteiger partial charge in [0.1, 0.15) is 11.7 Å². The van der Waals surface area contributed by atoms with Gasteiger partial charge in [-0.3, -0.25) is 19.3 Å². The standard InChI is InChI=1S/C23H27ClN4O5/c1-32-19-3-2-15(10-17(19)24)22(30)14-4-7-28(8-5-14)12-21(29)25-11-20-26-18-6-9-33-13-16(18)23(31)27-20/h2-3,10,14,16H,4-9,11-13H2,1H3,(H,25,29). The van der Waals surface area contributed by atoms with E-state index in [9.17, 15) is 14.4 Å². The summed E-state index contributed by atoms with van der Waals surface area (Å²) < 4.78 is 10.5. The van der Waals surface area contributed by atoms with Crippen molar-refractivity contribution in [1.29, 1.82) is 0 Å². The molecule has 2 amide bonds. The second-order valence-electron chi connectivity index (χ2n) is 8.39. The number of hydrogen-bond donors (Lipinski definition) is 1. The van der Waals surface area contributed by atoms with E-state index < -0.39 is 0 Å². The molecule has 3 aliphatic rings. The fourth-order valence-corrected chi connectivity index (χ4v) is 4.57. The number of ether oxygens (including phenoxy) is 2. The number of benzene rings is 1. The molecule has 1 aromatic carbocycles. The molecule has 4 rings (SSSR count). The third-order valence-corrected chi connectivity index (χ3v) is 6.50. The Morgan fingerprint density at radius 1 is 1.27 bits per heavy atom. The van der Waals surface area contributed by atoms with E-state index in [4.69, 9.17) is 21.1 Å². The zero-order valence-corrected chi connectivity index (χ0v) is 19.3. The summed E-state index contributed by atoms with van der Waals surface area (Å²) in [5, 5.41) is 3.21. The summed E-state index contributed by atoms with van der Waals surface area (Å²) in [5.74, 6) is 0.0467. The third kappa shape index (κ3) is 5.66. The highest BCUT2D eigenvalue weighted by Crippen LogP contribution is 2.28. The molecular weight excluding hydrogens is 448 g/mol. The molecule has 3 heterocycles. The predicted octanol–water partition coefficient (Wildman–Crippen LogP) is 1.78. The second kappa shape index (κ2) is 10.5. The number of aliphatic imine (C=N–C) groups is 2. The number of fused-ring (bicyclic) bond motifs is 1. The first-order valence-corrected chi connectivity index (χ1v) is 11.5. The van der Waals surface area contributed by atoms with Crippen molar-refractivity contribution in [2.24, 2.45) is 21.8 Å². The van der Waals surface area contributed by atoms with Gasteiger partial charge in [0, 0.05) is 23.6 Å². The van der Waals surface area contributed by atoms with Gasteiger partial charge < -0.3 is 14.8 Å². The minimum absolute atomic E-state index is 0.0640. The molecule has 33 heavy (non-hydrogen) atoms. The number of hydrogen-bond acceptors (Lipinski definition) is 7. The van der Waals surface area contributed by atoms with Crippen LogP contribution >= 0.6 is 11.6 Å². The minimum atomic E-state index is -0.379. The molecule has 1 unspecified atom stereocenters. The topological polar surface area (TPSA) is 110 Å². The Balaban J connectivity index is 1.22. The van der Waals surface area contributed by atoms with Crippen molar-refractivity contribution in [2.75, 3.05) is 46.5 Å². The van der Waals surface area contributed by atoms with E-state index in [1.165, 1.54) is 7.11 Å². The number of nitrogens with one attached hydrogen (secondary N) is 1. The highest BCUT2D eigenvalue weighted by atomic mass is 35.5. The number of Topliss-reactive ketones (excluding diaryl/α,β-unsaturated/α-hetero) is 1. The summed E-state index contributed by atoms with van der Waals surface area (Å²) in [6.45, 7) is 2.52. The average Bonchev–Trinajstić information content (AvgIpc) is 2.83. The number of amidine groups is 1.